The highest BCUT2D eigenvalue weighted by Gasteiger charge is 2.40. The Bertz CT molecular complexity index is 1510. The van der Waals surface area contributed by atoms with Gasteiger partial charge in [-0.05, 0) is 47.9 Å². The van der Waals surface area contributed by atoms with Crippen molar-refractivity contribution in [2.75, 3.05) is 4.90 Å². The quantitative estimate of drug-likeness (QED) is 0.264. The molecular formula is C33H31N3. The Morgan fingerprint density at radius 1 is 0.667 bits per heavy atom. The van der Waals surface area contributed by atoms with Gasteiger partial charge in [-0.15, -0.1) is 0 Å². The van der Waals surface area contributed by atoms with E-state index in [2.05, 4.69) is 146 Å². The van der Waals surface area contributed by atoms with Gasteiger partial charge in [0.1, 0.15) is 5.82 Å². The van der Waals surface area contributed by atoms with Crippen LogP contribution in [-0.4, -0.2) is 9.78 Å². The lowest BCUT2D eigenvalue weighted by molar-refractivity contribution is 0.562. The molecule has 2 heterocycles. The summed E-state index contributed by atoms with van der Waals surface area (Å²) >= 11 is 0. The molecule has 1 aliphatic heterocycles. The van der Waals surface area contributed by atoms with Crippen molar-refractivity contribution in [1.29, 1.82) is 0 Å². The van der Waals surface area contributed by atoms with Crippen LogP contribution in [0.5, 0.6) is 0 Å². The summed E-state index contributed by atoms with van der Waals surface area (Å²) < 4.78 is 2.15. The fourth-order valence-corrected chi connectivity index (χ4v) is 5.32. The van der Waals surface area contributed by atoms with E-state index < -0.39 is 0 Å². The summed E-state index contributed by atoms with van der Waals surface area (Å²) in [5, 5.41) is 5.33. The number of benzene rings is 4. The van der Waals surface area contributed by atoms with Gasteiger partial charge in [-0.1, -0.05) is 111 Å². The van der Waals surface area contributed by atoms with E-state index in [1.165, 1.54) is 27.8 Å². The molecule has 178 valence electrons. The van der Waals surface area contributed by atoms with Crippen molar-refractivity contribution in [3.8, 4) is 16.8 Å². The topological polar surface area (TPSA) is 21.1 Å². The Morgan fingerprint density at radius 3 is 1.89 bits per heavy atom. The zero-order valence-corrected chi connectivity index (χ0v) is 21.3. The van der Waals surface area contributed by atoms with Crippen LogP contribution in [0.15, 0.2) is 109 Å². The molecule has 1 aliphatic rings. The van der Waals surface area contributed by atoms with Crippen molar-refractivity contribution in [3.63, 3.8) is 0 Å². The highest BCUT2D eigenvalue weighted by Crippen LogP contribution is 2.53. The normalized spacial score (nSPS) is 14.9. The molecule has 4 aromatic carbocycles. The first kappa shape index (κ1) is 22.4. The van der Waals surface area contributed by atoms with Crippen molar-refractivity contribution in [3.05, 3.63) is 132 Å². The number of nitrogens with zero attached hydrogens (tertiary/aromatic N) is 3. The second-order valence-corrected chi connectivity index (χ2v) is 10.7. The first-order valence-corrected chi connectivity index (χ1v) is 12.6. The summed E-state index contributed by atoms with van der Waals surface area (Å²) in [6, 6.07) is 39.1. The molecule has 3 heteroatoms. The first-order chi connectivity index (χ1) is 17.4. The summed E-state index contributed by atoms with van der Waals surface area (Å²) in [5.74, 6) is 1.11. The van der Waals surface area contributed by atoms with E-state index >= 15 is 0 Å². The van der Waals surface area contributed by atoms with E-state index in [1.807, 2.05) is 0 Å². The molecule has 36 heavy (non-hydrogen) atoms. The molecule has 0 saturated carbocycles. The smallest absolute Gasteiger partial charge is 0.145 e. The fourth-order valence-electron chi connectivity index (χ4n) is 5.32. The van der Waals surface area contributed by atoms with Crippen molar-refractivity contribution in [2.45, 2.75) is 39.2 Å². The van der Waals surface area contributed by atoms with Gasteiger partial charge in [0.25, 0.3) is 0 Å². The molecule has 0 N–H and O–H groups in total. The molecule has 1 unspecified atom stereocenters. The summed E-state index contributed by atoms with van der Waals surface area (Å²) in [6.45, 7) is 8.91. The lowest BCUT2D eigenvalue weighted by Gasteiger charge is -2.40. The number of para-hydroxylation sites is 2. The van der Waals surface area contributed by atoms with Crippen LogP contribution in [0.3, 0.4) is 0 Å². The first-order valence-electron chi connectivity index (χ1n) is 12.6. The molecule has 0 fully saturated rings. The molecule has 1 atom stereocenters. The van der Waals surface area contributed by atoms with Gasteiger partial charge < -0.3 is 4.90 Å². The van der Waals surface area contributed by atoms with Crippen LogP contribution in [0.25, 0.3) is 16.8 Å². The summed E-state index contributed by atoms with van der Waals surface area (Å²) in [7, 11) is 0. The number of fused-ring (bicyclic) bond motifs is 3. The third-order valence-corrected chi connectivity index (χ3v) is 7.01. The lowest BCUT2D eigenvalue weighted by Crippen LogP contribution is -2.30. The van der Waals surface area contributed by atoms with Gasteiger partial charge in [-0.3, -0.25) is 0 Å². The molecular weight excluding hydrogens is 438 g/mol. The van der Waals surface area contributed by atoms with Crippen LogP contribution in [-0.2, 0) is 5.41 Å². The average molecular weight is 470 g/mol. The molecule has 3 nitrogen and oxygen atoms in total. The van der Waals surface area contributed by atoms with Crippen molar-refractivity contribution >= 4 is 11.5 Å². The lowest BCUT2D eigenvalue weighted by atomic mass is 9.81. The number of hydrogen-bond donors (Lipinski definition) is 0. The van der Waals surface area contributed by atoms with E-state index in [1.54, 1.807) is 0 Å². The predicted octanol–water partition coefficient (Wildman–Crippen LogP) is 8.39. The molecule has 6 rings (SSSR count). The summed E-state index contributed by atoms with van der Waals surface area (Å²) in [6.07, 6.45) is 0. The maximum Gasteiger partial charge on any atom is 0.145 e. The maximum absolute atomic E-state index is 5.33. The molecule has 0 amide bonds. The van der Waals surface area contributed by atoms with Crippen molar-refractivity contribution < 1.29 is 0 Å². The number of anilines is 2. The Morgan fingerprint density at radius 2 is 1.25 bits per heavy atom. The van der Waals surface area contributed by atoms with Crippen molar-refractivity contribution in [2.24, 2.45) is 0 Å². The van der Waals surface area contributed by atoms with Crippen LogP contribution in [0.4, 0.5) is 11.5 Å². The number of hydrogen-bond acceptors (Lipinski definition) is 2. The molecule has 0 radical (unpaired) electrons. The average Bonchev–Trinajstić information content (AvgIpc) is 3.31. The zero-order valence-electron chi connectivity index (χ0n) is 21.3. The van der Waals surface area contributed by atoms with Gasteiger partial charge in [0.2, 0.25) is 0 Å². The van der Waals surface area contributed by atoms with Gasteiger partial charge in [0, 0.05) is 16.7 Å². The minimum Gasteiger partial charge on any atom is -0.314 e. The Labute approximate surface area is 213 Å². The molecule has 0 bridgehead atoms. The largest absolute Gasteiger partial charge is 0.314 e. The minimum atomic E-state index is -0.129. The molecule has 0 spiro atoms. The maximum atomic E-state index is 5.33. The Kier molecular flexibility index (Phi) is 5.30. The van der Waals surface area contributed by atoms with Crippen molar-refractivity contribution in [1.82, 2.24) is 9.78 Å². The second-order valence-electron chi connectivity index (χ2n) is 10.7. The molecule has 0 saturated heterocycles. The van der Waals surface area contributed by atoms with Crippen LogP contribution in [0.2, 0.25) is 0 Å². The minimum absolute atomic E-state index is 0.0173. The van der Waals surface area contributed by atoms with Crippen LogP contribution in [0.1, 0.15) is 49.2 Å². The highest BCUT2D eigenvalue weighted by atomic mass is 15.4. The van der Waals surface area contributed by atoms with Gasteiger partial charge in [-0.2, -0.15) is 5.10 Å². The van der Waals surface area contributed by atoms with E-state index in [0.29, 0.717) is 0 Å². The fraction of sp³-hybridized carbons (Fsp3) is 0.182. The zero-order chi connectivity index (χ0) is 24.9. The van der Waals surface area contributed by atoms with Crippen LogP contribution < -0.4 is 4.90 Å². The van der Waals surface area contributed by atoms with Crippen LogP contribution in [0, 0.1) is 6.92 Å². The number of aromatic nitrogens is 2. The summed E-state index contributed by atoms with van der Waals surface area (Å²) in [5.41, 5.74) is 9.50. The molecule has 1 aromatic heterocycles. The van der Waals surface area contributed by atoms with Gasteiger partial charge in [0.15, 0.2) is 0 Å². The standard InChI is InChI=1S/C33H31N3/c1-23-19-21-24(22-20-23)30-28-18-12-11-17-27(28)29-31(33(2,3)4)34-36(26-15-9-6-10-16-26)32(29)35(30)25-13-7-5-8-14-25/h5-22,30H,1-4H3. The van der Waals surface area contributed by atoms with E-state index in [0.717, 1.165) is 22.9 Å². The number of aryl methyl sites for hydroxylation is 1. The van der Waals surface area contributed by atoms with E-state index in [4.69, 9.17) is 5.10 Å². The van der Waals surface area contributed by atoms with Gasteiger partial charge in [0.05, 0.1) is 17.4 Å². The highest BCUT2D eigenvalue weighted by molar-refractivity contribution is 5.90. The second kappa shape index (κ2) is 8.53. The molecule has 0 aliphatic carbocycles. The van der Waals surface area contributed by atoms with Gasteiger partial charge >= 0.3 is 0 Å². The van der Waals surface area contributed by atoms with E-state index in [9.17, 15) is 0 Å². The monoisotopic (exact) mass is 469 g/mol. The Balaban J connectivity index is 1.75. The predicted molar refractivity (Wildman–Crippen MR) is 149 cm³/mol. The summed E-state index contributed by atoms with van der Waals surface area (Å²) in [4.78, 5) is 2.48. The molecule has 5 aromatic rings. The third kappa shape index (κ3) is 3.63. The van der Waals surface area contributed by atoms with Gasteiger partial charge in [-0.25, -0.2) is 4.68 Å². The third-order valence-electron chi connectivity index (χ3n) is 7.01. The SMILES string of the molecule is Cc1ccc(C2c3ccccc3-c3c(C(C)(C)C)nn(-c4ccccc4)c3N2c2ccccc2)cc1. The van der Waals surface area contributed by atoms with E-state index in [-0.39, 0.29) is 11.5 Å². The van der Waals surface area contributed by atoms with Crippen LogP contribution >= 0.6 is 0 Å². The Hall–Kier alpha value is -4.11. The number of rotatable bonds is 3.